The number of carbonyl (C=O) groups is 1. The molecule has 0 saturated carbocycles. The van der Waals surface area contributed by atoms with Crippen LogP contribution in [0.5, 0.6) is 23.0 Å². The molecule has 2 aromatic carbocycles. The normalized spacial score (nSPS) is 14.0. The zero-order valence-electron chi connectivity index (χ0n) is 17.6. The van der Waals surface area contributed by atoms with Crippen molar-refractivity contribution in [3.63, 3.8) is 0 Å². The summed E-state index contributed by atoms with van der Waals surface area (Å²) < 4.78 is 24.5. The molecule has 0 spiro atoms. The lowest BCUT2D eigenvalue weighted by atomic mass is 9.98. The third-order valence-electron chi connectivity index (χ3n) is 5.82. The molecule has 0 fully saturated rings. The van der Waals surface area contributed by atoms with Crippen LogP contribution in [-0.2, 0) is 13.0 Å². The number of amides is 1. The predicted octanol–water partition coefficient (Wildman–Crippen LogP) is 3.67. The first-order valence-corrected chi connectivity index (χ1v) is 10.4. The van der Waals surface area contributed by atoms with Gasteiger partial charge in [-0.05, 0) is 48.7 Å². The molecule has 2 aliphatic rings. The molecule has 0 atom stereocenters. The molecule has 0 unspecified atom stereocenters. The van der Waals surface area contributed by atoms with Gasteiger partial charge in [-0.1, -0.05) is 19.1 Å². The van der Waals surface area contributed by atoms with Gasteiger partial charge in [0.2, 0.25) is 6.79 Å². The van der Waals surface area contributed by atoms with Gasteiger partial charge in [-0.15, -0.1) is 0 Å². The van der Waals surface area contributed by atoms with Crippen molar-refractivity contribution in [3.8, 4) is 34.1 Å². The number of ether oxygens (including phenoxy) is 4. The highest BCUT2D eigenvalue weighted by Gasteiger charge is 2.26. The van der Waals surface area contributed by atoms with E-state index in [0.29, 0.717) is 36.8 Å². The van der Waals surface area contributed by atoms with Crippen LogP contribution < -0.4 is 24.7 Å². The van der Waals surface area contributed by atoms with E-state index in [1.165, 1.54) is 0 Å². The first-order valence-electron chi connectivity index (χ1n) is 10.4. The molecule has 7 nitrogen and oxygen atoms in total. The lowest BCUT2D eigenvalue weighted by Gasteiger charge is -2.19. The van der Waals surface area contributed by atoms with E-state index in [4.69, 9.17) is 24.7 Å². The summed E-state index contributed by atoms with van der Waals surface area (Å²) in [5.74, 6) is 2.44. The SMILES string of the molecule is CCc1c(-c2ccc3c(c2)OCCO3)c(C(N)=O)c(C)n1Cc1ccc2c(c1)OCO2. The molecule has 160 valence electrons. The Bertz CT molecular complexity index is 1180. The van der Waals surface area contributed by atoms with E-state index in [9.17, 15) is 4.79 Å². The topological polar surface area (TPSA) is 84.9 Å². The molecule has 2 N–H and O–H groups in total. The Balaban J connectivity index is 1.62. The van der Waals surface area contributed by atoms with Gasteiger partial charge >= 0.3 is 0 Å². The molecule has 3 heterocycles. The van der Waals surface area contributed by atoms with Crippen molar-refractivity contribution in [2.45, 2.75) is 26.8 Å². The lowest BCUT2D eigenvalue weighted by Crippen LogP contribution is -2.15. The minimum atomic E-state index is -0.443. The van der Waals surface area contributed by atoms with Gasteiger partial charge in [0.1, 0.15) is 13.2 Å². The second-order valence-corrected chi connectivity index (χ2v) is 7.63. The number of nitrogens with two attached hydrogens (primary N) is 1. The van der Waals surface area contributed by atoms with E-state index in [0.717, 1.165) is 46.0 Å². The highest BCUT2D eigenvalue weighted by Crippen LogP contribution is 2.40. The van der Waals surface area contributed by atoms with Crippen LogP contribution in [0.25, 0.3) is 11.1 Å². The number of fused-ring (bicyclic) bond motifs is 2. The fourth-order valence-corrected chi connectivity index (χ4v) is 4.41. The van der Waals surface area contributed by atoms with Gasteiger partial charge in [0, 0.05) is 23.5 Å². The monoisotopic (exact) mass is 420 g/mol. The van der Waals surface area contributed by atoms with Crippen LogP contribution in [0.1, 0.15) is 34.2 Å². The Morgan fingerprint density at radius 1 is 0.968 bits per heavy atom. The summed E-state index contributed by atoms with van der Waals surface area (Å²) in [6, 6.07) is 11.7. The zero-order chi connectivity index (χ0) is 21.5. The van der Waals surface area contributed by atoms with Gasteiger partial charge in [0.05, 0.1) is 5.56 Å². The van der Waals surface area contributed by atoms with E-state index < -0.39 is 5.91 Å². The third-order valence-corrected chi connectivity index (χ3v) is 5.82. The summed E-state index contributed by atoms with van der Waals surface area (Å²) in [5, 5.41) is 0. The highest BCUT2D eigenvalue weighted by atomic mass is 16.7. The Labute approximate surface area is 180 Å². The minimum absolute atomic E-state index is 0.238. The van der Waals surface area contributed by atoms with E-state index in [1.807, 2.05) is 43.3 Å². The Hall–Kier alpha value is -3.61. The summed E-state index contributed by atoms with van der Waals surface area (Å²) in [4.78, 5) is 12.5. The maximum absolute atomic E-state index is 12.5. The van der Waals surface area contributed by atoms with Crippen molar-refractivity contribution in [3.05, 3.63) is 58.9 Å². The first-order chi connectivity index (χ1) is 15.1. The Morgan fingerprint density at radius 2 is 1.65 bits per heavy atom. The smallest absolute Gasteiger partial charge is 0.251 e. The van der Waals surface area contributed by atoms with E-state index >= 15 is 0 Å². The van der Waals surface area contributed by atoms with E-state index in [-0.39, 0.29) is 6.79 Å². The summed E-state index contributed by atoms with van der Waals surface area (Å²) in [6.07, 6.45) is 0.739. The highest BCUT2D eigenvalue weighted by molar-refractivity contribution is 6.02. The summed E-state index contributed by atoms with van der Waals surface area (Å²) in [7, 11) is 0. The number of benzene rings is 2. The van der Waals surface area contributed by atoms with Crippen LogP contribution in [0.3, 0.4) is 0 Å². The number of rotatable bonds is 5. The molecule has 7 heteroatoms. The molecular formula is C24H24N2O5. The van der Waals surface area contributed by atoms with Crippen molar-refractivity contribution < 1.29 is 23.7 Å². The minimum Gasteiger partial charge on any atom is -0.486 e. The molecule has 5 rings (SSSR count). The second-order valence-electron chi connectivity index (χ2n) is 7.63. The Morgan fingerprint density at radius 3 is 2.42 bits per heavy atom. The van der Waals surface area contributed by atoms with Crippen LogP contribution in [0.4, 0.5) is 0 Å². The van der Waals surface area contributed by atoms with Gasteiger partial charge < -0.3 is 29.2 Å². The van der Waals surface area contributed by atoms with Crippen LogP contribution in [-0.4, -0.2) is 30.5 Å². The predicted molar refractivity (Wildman–Crippen MR) is 115 cm³/mol. The maximum Gasteiger partial charge on any atom is 0.251 e. The third kappa shape index (κ3) is 3.26. The first kappa shape index (κ1) is 19.4. The fraction of sp³-hybridized carbons (Fsp3) is 0.292. The van der Waals surface area contributed by atoms with Gasteiger partial charge in [0.25, 0.3) is 5.91 Å². The number of carbonyl (C=O) groups excluding carboxylic acids is 1. The van der Waals surface area contributed by atoms with Crippen LogP contribution in [0.2, 0.25) is 0 Å². The average molecular weight is 420 g/mol. The molecule has 0 bridgehead atoms. The Kier molecular flexibility index (Phi) is 4.73. The van der Waals surface area contributed by atoms with Crippen molar-refractivity contribution in [2.75, 3.05) is 20.0 Å². The van der Waals surface area contributed by atoms with E-state index in [1.54, 1.807) is 0 Å². The van der Waals surface area contributed by atoms with Gasteiger partial charge in [-0.25, -0.2) is 0 Å². The number of hydrogen-bond donors (Lipinski definition) is 1. The number of aromatic nitrogens is 1. The molecule has 1 amide bonds. The van der Waals surface area contributed by atoms with Crippen LogP contribution >= 0.6 is 0 Å². The molecule has 0 radical (unpaired) electrons. The largest absolute Gasteiger partial charge is 0.486 e. The number of nitrogens with zero attached hydrogens (tertiary/aromatic N) is 1. The van der Waals surface area contributed by atoms with Gasteiger partial charge in [-0.2, -0.15) is 0 Å². The zero-order valence-corrected chi connectivity index (χ0v) is 17.6. The van der Waals surface area contributed by atoms with Crippen molar-refractivity contribution in [2.24, 2.45) is 5.73 Å². The fourth-order valence-electron chi connectivity index (χ4n) is 4.41. The second kappa shape index (κ2) is 7.58. The van der Waals surface area contributed by atoms with Crippen LogP contribution in [0.15, 0.2) is 36.4 Å². The molecule has 31 heavy (non-hydrogen) atoms. The average Bonchev–Trinajstić information content (AvgIpc) is 3.35. The molecule has 0 aliphatic carbocycles. The lowest BCUT2D eigenvalue weighted by molar-refractivity contribution is 0.1000. The quantitative estimate of drug-likeness (QED) is 0.681. The standard InChI is InChI=1S/C24H24N2O5/c1-3-17-23(16-5-7-18-21(11-16)29-9-8-28-18)22(24(25)27)14(2)26(17)12-15-4-6-19-20(10-15)31-13-30-19/h4-7,10-11H,3,8-9,12-13H2,1-2H3,(H2,25,27). The molecular weight excluding hydrogens is 396 g/mol. The van der Waals surface area contributed by atoms with Crippen molar-refractivity contribution in [1.82, 2.24) is 4.57 Å². The van der Waals surface area contributed by atoms with Gasteiger partial charge in [0.15, 0.2) is 23.0 Å². The van der Waals surface area contributed by atoms with Crippen molar-refractivity contribution in [1.29, 1.82) is 0 Å². The number of primary amides is 1. The molecule has 0 saturated heterocycles. The molecule has 1 aromatic heterocycles. The van der Waals surface area contributed by atoms with Crippen molar-refractivity contribution >= 4 is 5.91 Å². The summed E-state index contributed by atoms with van der Waals surface area (Å²) in [5.41, 5.74) is 11.1. The maximum atomic E-state index is 12.5. The summed E-state index contributed by atoms with van der Waals surface area (Å²) >= 11 is 0. The van der Waals surface area contributed by atoms with E-state index in [2.05, 4.69) is 11.5 Å². The summed E-state index contributed by atoms with van der Waals surface area (Å²) in [6.45, 7) is 5.89. The van der Waals surface area contributed by atoms with Crippen LogP contribution in [0, 0.1) is 6.92 Å². The molecule has 2 aliphatic heterocycles. The van der Waals surface area contributed by atoms with Gasteiger partial charge in [-0.3, -0.25) is 4.79 Å². The number of hydrogen-bond acceptors (Lipinski definition) is 5. The molecule has 3 aromatic rings.